The zero-order valence-corrected chi connectivity index (χ0v) is 14.2. The van der Waals surface area contributed by atoms with Crippen LogP contribution in [0.3, 0.4) is 0 Å². The van der Waals surface area contributed by atoms with Crippen LogP contribution in [-0.2, 0) is 9.47 Å². The number of urea groups is 1. The van der Waals surface area contributed by atoms with Crippen molar-refractivity contribution in [1.29, 1.82) is 0 Å². The molecule has 0 aliphatic carbocycles. The molecule has 24 heavy (non-hydrogen) atoms. The first-order valence-electron chi connectivity index (χ1n) is 8.39. The van der Waals surface area contributed by atoms with Crippen LogP contribution in [0.2, 0.25) is 0 Å². The van der Waals surface area contributed by atoms with E-state index in [9.17, 15) is 18.0 Å². The summed E-state index contributed by atoms with van der Waals surface area (Å²) in [6.07, 6.45) is -2.92. The van der Waals surface area contributed by atoms with E-state index >= 15 is 0 Å². The Hall–Kier alpha value is -1.06. The largest absolute Gasteiger partial charge is 0.411 e. The summed E-state index contributed by atoms with van der Waals surface area (Å²) < 4.78 is 45.5. The van der Waals surface area contributed by atoms with Crippen molar-refractivity contribution in [2.75, 3.05) is 65.7 Å². The second kappa shape index (κ2) is 11.5. The molecule has 1 fully saturated rings. The van der Waals surface area contributed by atoms with Crippen LogP contribution in [-0.4, -0.2) is 87.7 Å². The Bertz CT molecular complexity index is 349. The van der Waals surface area contributed by atoms with Gasteiger partial charge in [0.25, 0.3) is 0 Å². The maximum absolute atomic E-state index is 12.0. The van der Waals surface area contributed by atoms with Gasteiger partial charge in [0, 0.05) is 59.1 Å². The van der Waals surface area contributed by atoms with E-state index < -0.39 is 12.8 Å². The van der Waals surface area contributed by atoms with Gasteiger partial charge in [0.15, 0.2) is 0 Å². The predicted molar refractivity (Wildman–Crippen MR) is 84.0 cm³/mol. The van der Waals surface area contributed by atoms with Gasteiger partial charge in [-0.1, -0.05) is 0 Å². The quantitative estimate of drug-likeness (QED) is 0.606. The van der Waals surface area contributed by atoms with E-state index in [-0.39, 0.29) is 12.6 Å². The highest BCUT2D eigenvalue weighted by atomic mass is 19.4. The second-order valence-electron chi connectivity index (χ2n) is 5.63. The average Bonchev–Trinajstić information content (AvgIpc) is 2.53. The van der Waals surface area contributed by atoms with Gasteiger partial charge in [0.2, 0.25) is 0 Å². The average molecular weight is 355 g/mol. The third kappa shape index (κ3) is 9.94. The fourth-order valence-electron chi connectivity index (χ4n) is 2.38. The summed E-state index contributed by atoms with van der Waals surface area (Å²) in [6.45, 7) is 6.14. The Morgan fingerprint density at radius 1 is 1.08 bits per heavy atom. The van der Waals surface area contributed by atoms with Crippen LogP contribution in [0.1, 0.15) is 19.8 Å². The van der Waals surface area contributed by atoms with E-state index in [4.69, 9.17) is 4.74 Å². The molecule has 0 saturated carbocycles. The van der Waals surface area contributed by atoms with Crippen molar-refractivity contribution >= 4 is 6.03 Å². The molecule has 0 aromatic carbocycles. The van der Waals surface area contributed by atoms with Crippen LogP contribution in [0.15, 0.2) is 0 Å². The standard InChI is InChI=1S/C15H28F3N3O3/c1-2-23-11-3-5-19-14(22)21-9-7-20(8-10-21)6-4-12-24-13-15(16,17)18/h2-13H2,1H3,(H,19,22). The summed E-state index contributed by atoms with van der Waals surface area (Å²) in [5.41, 5.74) is 0. The minimum Gasteiger partial charge on any atom is -0.382 e. The van der Waals surface area contributed by atoms with E-state index in [0.717, 1.165) is 19.5 Å². The van der Waals surface area contributed by atoms with E-state index in [1.807, 2.05) is 6.92 Å². The zero-order valence-electron chi connectivity index (χ0n) is 14.2. The molecule has 0 atom stereocenters. The number of carbonyl (C=O) groups excluding carboxylic acids is 1. The molecule has 0 bridgehead atoms. The maximum Gasteiger partial charge on any atom is 0.411 e. The second-order valence-corrected chi connectivity index (χ2v) is 5.63. The van der Waals surface area contributed by atoms with Crippen LogP contribution in [0.25, 0.3) is 0 Å². The van der Waals surface area contributed by atoms with Gasteiger partial charge < -0.3 is 19.7 Å². The van der Waals surface area contributed by atoms with Crippen molar-refractivity contribution in [2.45, 2.75) is 25.9 Å². The molecule has 1 saturated heterocycles. The Labute approximate surface area is 141 Å². The van der Waals surface area contributed by atoms with E-state index in [2.05, 4.69) is 15.0 Å². The van der Waals surface area contributed by atoms with Crippen LogP contribution >= 0.6 is 0 Å². The first-order valence-corrected chi connectivity index (χ1v) is 8.39. The van der Waals surface area contributed by atoms with Crippen molar-refractivity contribution in [1.82, 2.24) is 15.1 Å². The number of ether oxygens (including phenoxy) is 2. The third-order valence-electron chi connectivity index (χ3n) is 3.63. The van der Waals surface area contributed by atoms with Gasteiger partial charge >= 0.3 is 12.2 Å². The van der Waals surface area contributed by atoms with Gasteiger partial charge in [-0.25, -0.2) is 4.79 Å². The zero-order chi connectivity index (χ0) is 17.8. The lowest BCUT2D eigenvalue weighted by Crippen LogP contribution is -2.52. The lowest BCUT2D eigenvalue weighted by atomic mass is 10.3. The van der Waals surface area contributed by atoms with Gasteiger partial charge in [0.05, 0.1) is 0 Å². The summed E-state index contributed by atoms with van der Waals surface area (Å²) in [5, 5.41) is 2.86. The molecule has 0 spiro atoms. The van der Waals surface area contributed by atoms with Crippen LogP contribution < -0.4 is 5.32 Å². The molecule has 0 unspecified atom stereocenters. The maximum atomic E-state index is 12.0. The van der Waals surface area contributed by atoms with E-state index in [0.29, 0.717) is 45.8 Å². The van der Waals surface area contributed by atoms with Gasteiger partial charge in [0.1, 0.15) is 6.61 Å². The van der Waals surface area contributed by atoms with E-state index in [1.54, 1.807) is 4.90 Å². The lowest BCUT2D eigenvalue weighted by Gasteiger charge is -2.34. The van der Waals surface area contributed by atoms with Crippen molar-refractivity contribution in [3.8, 4) is 0 Å². The summed E-state index contributed by atoms with van der Waals surface area (Å²) in [6, 6.07) is -0.0698. The molecule has 1 aliphatic rings. The Morgan fingerprint density at radius 2 is 1.75 bits per heavy atom. The summed E-state index contributed by atoms with van der Waals surface area (Å²) in [7, 11) is 0. The van der Waals surface area contributed by atoms with Crippen LogP contribution in [0.5, 0.6) is 0 Å². The normalized spacial score (nSPS) is 16.4. The first-order chi connectivity index (χ1) is 11.4. The molecular formula is C15H28F3N3O3. The van der Waals surface area contributed by atoms with Gasteiger partial charge in [-0.05, 0) is 19.8 Å². The monoisotopic (exact) mass is 355 g/mol. The highest BCUT2D eigenvalue weighted by Crippen LogP contribution is 2.14. The molecule has 0 radical (unpaired) electrons. The molecule has 1 N–H and O–H groups in total. The minimum absolute atomic E-state index is 0.0698. The number of alkyl halides is 3. The smallest absolute Gasteiger partial charge is 0.382 e. The molecule has 0 aromatic heterocycles. The van der Waals surface area contributed by atoms with Gasteiger partial charge in [-0.3, -0.25) is 4.90 Å². The van der Waals surface area contributed by atoms with Crippen LogP contribution in [0.4, 0.5) is 18.0 Å². The Kier molecular flexibility index (Phi) is 10.0. The van der Waals surface area contributed by atoms with Gasteiger partial charge in [-0.15, -0.1) is 0 Å². The van der Waals surface area contributed by atoms with E-state index in [1.165, 1.54) is 0 Å². The Balaban J connectivity index is 2.03. The molecule has 0 aromatic rings. The number of nitrogens with zero attached hydrogens (tertiary/aromatic N) is 2. The molecule has 1 rings (SSSR count). The molecule has 2 amide bonds. The third-order valence-corrected chi connectivity index (χ3v) is 3.63. The fourth-order valence-corrected chi connectivity index (χ4v) is 2.38. The van der Waals surface area contributed by atoms with Crippen molar-refractivity contribution in [3.63, 3.8) is 0 Å². The van der Waals surface area contributed by atoms with Crippen molar-refractivity contribution < 1.29 is 27.4 Å². The molecule has 142 valence electrons. The molecule has 1 heterocycles. The number of halogens is 3. The number of hydrogen-bond acceptors (Lipinski definition) is 4. The summed E-state index contributed by atoms with van der Waals surface area (Å²) in [4.78, 5) is 15.9. The first kappa shape index (κ1) is 21.0. The predicted octanol–water partition coefficient (Wildman–Crippen LogP) is 1.71. The Morgan fingerprint density at radius 3 is 2.38 bits per heavy atom. The number of hydrogen-bond donors (Lipinski definition) is 1. The molecular weight excluding hydrogens is 327 g/mol. The highest BCUT2D eigenvalue weighted by Gasteiger charge is 2.27. The molecule has 9 heteroatoms. The number of amides is 2. The number of carbonyl (C=O) groups is 1. The van der Waals surface area contributed by atoms with Gasteiger partial charge in [-0.2, -0.15) is 13.2 Å². The highest BCUT2D eigenvalue weighted by molar-refractivity contribution is 5.74. The fraction of sp³-hybridized carbons (Fsp3) is 0.933. The lowest BCUT2D eigenvalue weighted by molar-refractivity contribution is -0.174. The topological polar surface area (TPSA) is 54.0 Å². The summed E-state index contributed by atoms with van der Waals surface area (Å²) >= 11 is 0. The molecule has 1 aliphatic heterocycles. The number of rotatable bonds is 10. The van der Waals surface area contributed by atoms with Crippen LogP contribution in [0, 0.1) is 0 Å². The van der Waals surface area contributed by atoms with Crippen molar-refractivity contribution in [3.05, 3.63) is 0 Å². The number of piperazine rings is 1. The minimum atomic E-state index is -4.26. The molecule has 6 nitrogen and oxygen atoms in total. The number of nitrogens with one attached hydrogen (secondary N) is 1. The summed E-state index contributed by atoms with van der Waals surface area (Å²) in [5.74, 6) is 0. The SMILES string of the molecule is CCOCCCNC(=O)N1CCN(CCCOCC(F)(F)F)CC1. The van der Waals surface area contributed by atoms with Crippen molar-refractivity contribution in [2.24, 2.45) is 0 Å².